The van der Waals surface area contributed by atoms with Crippen molar-refractivity contribution in [1.82, 2.24) is 9.55 Å². The molecule has 38 heavy (non-hydrogen) atoms. The number of hydrogen-bond donors (Lipinski definition) is 1. The third kappa shape index (κ3) is 4.45. The largest absolute Gasteiger partial charge is 0.481 e. The molecule has 1 unspecified atom stereocenters. The predicted octanol–water partition coefficient (Wildman–Crippen LogP) is 5.58. The number of rotatable bonds is 6. The average Bonchev–Trinajstić information content (AvgIpc) is 3.72. The maximum Gasteiger partial charge on any atom is 0.414 e. The third-order valence-corrected chi connectivity index (χ3v) is 8.47. The molecule has 1 N–H and O–H groups in total. The summed E-state index contributed by atoms with van der Waals surface area (Å²) in [6.07, 6.45) is 5.85. The quantitative estimate of drug-likeness (QED) is 0.459. The number of methoxy groups -OCH3 is 1. The molecule has 3 heterocycles. The van der Waals surface area contributed by atoms with Gasteiger partial charge in [0.25, 0.3) is 0 Å². The van der Waals surface area contributed by atoms with Crippen molar-refractivity contribution < 1.29 is 24.2 Å². The second kappa shape index (κ2) is 10.1. The molecule has 3 aromatic rings. The van der Waals surface area contributed by atoms with E-state index in [0.717, 1.165) is 66.0 Å². The first kappa shape index (κ1) is 24.9. The van der Waals surface area contributed by atoms with Crippen LogP contribution in [0.1, 0.15) is 79.4 Å². The normalized spacial score (nSPS) is 22.2. The molecular formula is C30H35N3O5. The second-order valence-electron chi connectivity index (χ2n) is 11.0. The van der Waals surface area contributed by atoms with Gasteiger partial charge in [-0.15, -0.1) is 0 Å². The first-order chi connectivity index (χ1) is 18.5. The molecular weight excluding hydrogens is 482 g/mol. The number of carboxylic acids is 1. The molecule has 1 aliphatic carbocycles. The van der Waals surface area contributed by atoms with Crippen LogP contribution in [0.2, 0.25) is 0 Å². The second-order valence-corrected chi connectivity index (χ2v) is 11.0. The van der Waals surface area contributed by atoms with Gasteiger partial charge in [0.1, 0.15) is 5.82 Å². The minimum absolute atomic E-state index is 0.0238. The molecule has 6 rings (SSSR count). The molecule has 8 nitrogen and oxygen atoms in total. The molecule has 3 atom stereocenters. The van der Waals surface area contributed by atoms with E-state index in [4.69, 9.17) is 14.5 Å². The fourth-order valence-electron chi connectivity index (χ4n) is 6.25. The molecule has 2 fully saturated rings. The molecule has 3 aliphatic rings. The van der Waals surface area contributed by atoms with E-state index in [-0.39, 0.29) is 24.6 Å². The van der Waals surface area contributed by atoms with Crippen molar-refractivity contribution in [1.29, 1.82) is 0 Å². The maximum atomic E-state index is 12.6. The average molecular weight is 518 g/mol. The summed E-state index contributed by atoms with van der Waals surface area (Å²) in [5.41, 5.74) is 5.75. The minimum atomic E-state index is -0.851. The molecule has 0 radical (unpaired) electrons. The van der Waals surface area contributed by atoms with Gasteiger partial charge in [0, 0.05) is 24.6 Å². The van der Waals surface area contributed by atoms with Crippen molar-refractivity contribution in [2.24, 2.45) is 0 Å². The summed E-state index contributed by atoms with van der Waals surface area (Å²) in [5.74, 6) is -0.173. The number of amides is 1. The van der Waals surface area contributed by atoms with Gasteiger partial charge in [0.05, 0.1) is 42.4 Å². The van der Waals surface area contributed by atoms with Crippen molar-refractivity contribution in [2.45, 2.75) is 75.8 Å². The highest BCUT2D eigenvalue weighted by molar-refractivity contribution is 5.95. The van der Waals surface area contributed by atoms with Gasteiger partial charge < -0.3 is 19.1 Å². The summed E-state index contributed by atoms with van der Waals surface area (Å²) in [7, 11) is 1.40. The topological polar surface area (TPSA) is 93.9 Å². The SMILES string of the molecule is COC(=O)N1c2ccc3c(nc(CC(C(=O)O)c4ccc(C5CC5)cc4)n3[C@H]3CCCOC3)c2CC[C@@H]1C. The maximum absolute atomic E-state index is 12.6. The van der Waals surface area contributed by atoms with Crippen LogP contribution in [0, 0.1) is 0 Å². The van der Waals surface area contributed by atoms with Crippen LogP contribution >= 0.6 is 0 Å². The van der Waals surface area contributed by atoms with Crippen LogP contribution in [0.4, 0.5) is 10.5 Å². The first-order valence-electron chi connectivity index (χ1n) is 13.8. The molecule has 0 spiro atoms. The van der Waals surface area contributed by atoms with Crippen LogP contribution in [-0.4, -0.2) is 53.1 Å². The Morgan fingerprint density at radius 1 is 1.13 bits per heavy atom. The van der Waals surface area contributed by atoms with Crippen molar-refractivity contribution in [2.75, 3.05) is 25.2 Å². The van der Waals surface area contributed by atoms with Crippen LogP contribution in [0.25, 0.3) is 11.0 Å². The van der Waals surface area contributed by atoms with Crippen LogP contribution in [0.3, 0.4) is 0 Å². The number of fused-ring (bicyclic) bond motifs is 3. The molecule has 8 heteroatoms. The summed E-state index contributed by atoms with van der Waals surface area (Å²) in [6.45, 7) is 3.35. The smallest absolute Gasteiger partial charge is 0.414 e. The zero-order valence-electron chi connectivity index (χ0n) is 22.1. The van der Waals surface area contributed by atoms with E-state index in [0.29, 0.717) is 12.5 Å². The van der Waals surface area contributed by atoms with E-state index in [9.17, 15) is 14.7 Å². The van der Waals surface area contributed by atoms with E-state index in [2.05, 4.69) is 16.7 Å². The highest BCUT2D eigenvalue weighted by atomic mass is 16.5. The van der Waals surface area contributed by atoms with Gasteiger partial charge >= 0.3 is 12.1 Å². The van der Waals surface area contributed by atoms with Crippen LogP contribution < -0.4 is 4.90 Å². The van der Waals surface area contributed by atoms with E-state index in [1.54, 1.807) is 4.90 Å². The molecule has 1 aromatic heterocycles. The standard InChI is InChI=1S/C30H35N3O5/c1-18-5-12-23-25(32(18)30(36)37-2)13-14-26-28(23)31-27(33(26)22-4-3-15-38-17-22)16-24(29(34)35)21-10-8-20(9-11-21)19-6-7-19/h8-11,13-14,18-19,22,24H,3-7,12,15-17H2,1-2H3,(H,34,35)/t18-,22-,24?/m0/s1. The zero-order chi connectivity index (χ0) is 26.4. The van der Waals surface area contributed by atoms with Gasteiger partial charge in [-0.3, -0.25) is 9.69 Å². The van der Waals surface area contributed by atoms with Gasteiger partial charge in [0.15, 0.2) is 0 Å². The number of ether oxygens (including phenoxy) is 2. The van der Waals surface area contributed by atoms with Gasteiger partial charge in [0.2, 0.25) is 0 Å². The Morgan fingerprint density at radius 2 is 1.92 bits per heavy atom. The van der Waals surface area contributed by atoms with Crippen molar-refractivity contribution in [3.8, 4) is 0 Å². The summed E-state index contributed by atoms with van der Waals surface area (Å²) >= 11 is 0. The van der Waals surface area contributed by atoms with Gasteiger partial charge in [-0.2, -0.15) is 0 Å². The lowest BCUT2D eigenvalue weighted by atomic mass is 9.93. The lowest BCUT2D eigenvalue weighted by molar-refractivity contribution is -0.138. The molecule has 200 valence electrons. The lowest BCUT2D eigenvalue weighted by Gasteiger charge is -2.34. The summed E-state index contributed by atoms with van der Waals surface area (Å²) in [6, 6.07) is 12.2. The van der Waals surface area contributed by atoms with E-state index in [1.165, 1.54) is 25.5 Å². The number of imidazole rings is 1. The number of aryl methyl sites for hydroxylation is 1. The summed E-state index contributed by atoms with van der Waals surface area (Å²) in [5, 5.41) is 10.3. The van der Waals surface area contributed by atoms with Gasteiger partial charge in [-0.25, -0.2) is 9.78 Å². The Bertz CT molecular complexity index is 1350. The van der Waals surface area contributed by atoms with Gasteiger partial charge in [-0.05, 0) is 74.6 Å². The third-order valence-electron chi connectivity index (χ3n) is 8.47. The highest BCUT2D eigenvalue weighted by Crippen LogP contribution is 2.41. The van der Waals surface area contributed by atoms with E-state index < -0.39 is 11.9 Å². The number of aromatic nitrogens is 2. The first-order valence-corrected chi connectivity index (χ1v) is 13.8. The highest BCUT2D eigenvalue weighted by Gasteiger charge is 2.34. The van der Waals surface area contributed by atoms with Crippen LogP contribution in [0.5, 0.6) is 0 Å². The number of carbonyl (C=O) groups is 2. The number of hydrogen-bond acceptors (Lipinski definition) is 5. The monoisotopic (exact) mass is 517 g/mol. The van der Waals surface area contributed by atoms with Crippen molar-refractivity contribution in [3.05, 3.63) is 58.9 Å². The number of carbonyl (C=O) groups excluding carboxylic acids is 1. The fraction of sp³-hybridized carbons (Fsp3) is 0.500. The zero-order valence-corrected chi connectivity index (χ0v) is 22.1. The molecule has 1 saturated heterocycles. The number of aliphatic carboxylic acids is 1. The molecule has 1 saturated carbocycles. The van der Waals surface area contributed by atoms with Crippen molar-refractivity contribution >= 4 is 28.8 Å². The minimum Gasteiger partial charge on any atom is -0.481 e. The molecule has 2 aliphatic heterocycles. The summed E-state index contributed by atoms with van der Waals surface area (Å²) < 4.78 is 13.1. The van der Waals surface area contributed by atoms with Crippen molar-refractivity contribution in [3.63, 3.8) is 0 Å². The number of nitrogens with zero attached hydrogens (tertiary/aromatic N) is 3. The fourth-order valence-corrected chi connectivity index (χ4v) is 6.25. The molecule has 1 amide bonds. The predicted molar refractivity (Wildman–Crippen MR) is 144 cm³/mol. The summed E-state index contributed by atoms with van der Waals surface area (Å²) in [4.78, 5) is 32.0. The van der Waals surface area contributed by atoms with E-state index >= 15 is 0 Å². The Morgan fingerprint density at radius 3 is 2.58 bits per heavy atom. The number of carboxylic acid groups (broad SMARTS) is 1. The van der Waals surface area contributed by atoms with Gasteiger partial charge in [-0.1, -0.05) is 24.3 Å². The Labute approximate surface area is 222 Å². The molecule has 0 bridgehead atoms. The number of anilines is 1. The lowest BCUT2D eigenvalue weighted by Crippen LogP contribution is -2.42. The Balaban J connectivity index is 1.44. The van der Waals surface area contributed by atoms with Crippen LogP contribution in [-0.2, 0) is 27.1 Å². The Kier molecular flexibility index (Phi) is 6.60. The Hall–Kier alpha value is -3.39. The molecule has 2 aromatic carbocycles. The number of benzene rings is 2. The van der Waals surface area contributed by atoms with E-state index in [1.807, 2.05) is 31.2 Å². The van der Waals surface area contributed by atoms with Crippen LogP contribution in [0.15, 0.2) is 36.4 Å².